The van der Waals surface area contributed by atoms with Crippen molar-refractivity contribution in [2.75, 3.05) is 11.1 Å². The SMILES string of the molecule is CC(=O)Nc1ccc(C(=O)Cc2cc(-c3ccccc3)ccc2N)cc1. The highest BCUT2D eigenvalue weighted by Crippen LogP contribution is 2.25. The lowest BCUT2D eigenvalue weighted by atomic mass is 9.97. The normalized spacial score (nSPS) is 10.3. The van der Waals surface area contributed by atoms with Gasteiger partial charge in [0.15, 0.2) is 5.78 Å². The van der Waals surface area contributed by atoms with Gasteiger partial charge in [-0.15, -0.1) is 0 Å². The van der Waals surface area contributed by atoms with E-state index in [0.29, 0.717) is 16.9 Å². The third kappa shape index (κ3) is 4.16. The van der Waals surface area contributed by atoms with E-state index in [2.05, 4.69) is 5.32 Å². The monoisotopic (exact) mass is 344 g/mol. The predicted octanol–water partition coefficient (Wildman–Crippen LogP) is 4.32. The lowest BCUT2D eigenvalue weighted by Gasteiger charge is -2.09. The Labute approximate surface area is 152 Å². The van der Waals surface area contributed by atoms with Gasteiger partial charge in [0, 0.05) is 30.3 Å². The quantitative estimate of drug-likeness (QED) is 0.535. The maximum absolute atomic E-state index is 12.6. The van der Waals surface area contributed by atoms with E-state index in [-0.39, 0.29) is 18.1 Å². The molecule has 130 valence electrons. The molecule has 0 aliphatic carbocycles. The molecular weight excluding hydrogens is 324 g/mol. The van der Waals surface area contributed by atoms with Crippen molar-refractivity contribution in [2.24, 2.45) is 0 Å². The van der Waals surface area contributed by atoms with Crippen molar-refractivity contribution in [2.45, 2.75) is 13.3 Å². The molecule has 0 fully saturated rings. The second kappa shape index (κ2) is 7.66. The minimum atomic E-state index is -0.144. The zero-order chi connectivity index (χ0) is 18.5. The van der Waals surface area contributed by atoms with Gasteiger partial charge in [-0.3, -0.25) is 9.59 Å². The smallest absolute Gasteiger partial charge is 0.221 e. The molecule has 0 saturated carbocycles. The minimum Gasteiger partial charge on any atom is -0.398 e. The third-order valence-electron chi connectivity index (χ3n) is 4.13. The number of amides is 1. The number of carbonyl (C=O) groups excluding carboxylic acids is 2. The Morgan fingerprint density at radius 2 is 1.58 bits per heavy atom. The molecule has 4 heteroatoms. The lowest BCUT2D eigenvalue weighted by Crippen LogP contribution is -2.08. The summed E-state index contributed by atoms with van der Waals surface area (Å²) in [4.78, 5) is 23.7. The number of nitrogens with one attached hydrogen (secondary N) is 1. The summed E-state index contributed by atoms with van der Waals surface area (Å²) >= 11 is 0. The van der Waals surface area contributed by atoms with Gasteiger partial charge in [0.2, 0.25) is 5.91 Å². The first-order valence-electron chi connectivity index (χ1n) is 8.37. The third-order valence-corrected chi connectivity index (χ3v) is 4.13. The summed E-state index contributed by atoms with van der Waals surface area (Å²) in [6.07, 6.45) is 0.228. The summed E-state index contributed by atoms with van der Waals surface area (Å²) in [7, 11) is 0. The first-order valence-corrected chi connectivity index (χ1v) is 8.37. The fraction of sp³-hybridized carbons (Fsp3) is 0.0909. The van der Waals surface area contributed by atoms with Crippen molar-refractivity contribution in [3.63, 3.8) is 0 Å². The van der Waals surface area contributed by atoms with Crippen LogP contribution in [0.15, 0.2) is 72.8 Å². The Balaban J connectivity index is 1.79. The number of hydrogen-bond donors (Lipinski definition) is 2. The van der Waals surface area contributed by atoms with E-state index in [4.69, 9.17) is 5.73 Å². The van der Waals surface area contributed by atoms with E-state index < -0.39 is 0 Å². The average molecular weight is 344 g/mol. The van der Waals surface area contributed by atoms with Crippen molar-refractivity contribution in [3.8, 4) is 11.1 Å². The molecule has 3 rings (SSSR count). The topological polar surface area (TPSA) is 72.2 Å². The Kier molecular flexibility index (Phi) is 5.13. The number of hydrogen-bond acceptors (Lipinski definition) is 3. The van der Waals surface area contributed by atoms with Gasteiger partial charge in [0.1, 0.15) is 0 Å². The maximum Gasteiger partial charge on any atom is 0.221 e. The Morgan fingerprint density at radius 1 is 0.885 bits per heavy atom. The van der Waals surface area contributed by atoms with Crippen LogP contribution >= 0.6 is 0 Å². The van der Waals surface area contributed by atoms with Crippen LogP contribution in [0.4, 0.5) is 11.4 Å². The van der Waals surface area contributed by atoms with Gasteiger partial charge in [-0.1, -0.05) is 36.4 Å². The maximum atomic E-state index is 12.6. The van der Waals surface area contributed by atoms with Crippen molar-refractivity contribution in [1.29, 1.82) is 0 Å². The molecule has 0 saturated heterocycles. The van der Waals surface area contributed by atoms with Crippen LogP contribution in [0.5, 0.6) is 0 Å². The number of rotatable bonds is 5. The predicted molar refractivity (Wildman–Crippen MR) is 105 cm³/mol. The Morgan fingerprint density at radius 3 is 2.23 bits per heavy atom. The fourth-order valence-electron chi connectivity index (χ4n) is 2.79. The Bertz CT molecular complexity index is 932. The van der Waals surface area contributed by atoms with Crippen LogP contribution in [0.2, 0.25) is 0 Å². The summed E-state index contributed by atoms with van der Waals surface area (Å²) in [5.41, 5.74) is 10.9. The zero-order valence-corrected chi connectivity index (χ0v) is 14.5. The van der Waals surface area contributed by atoms with Crippen molar-refractivity contribution in [3.05, 3.63) is 83.9 Å². The van der Waals surface area contributed by atoms with Crippen LogP contribution in [0, 0.1) is 0 Å². The molecule has 0 radical (unpaired) electrons. The molecule has 0 bridgehead atoms. The summed E-state index contributed by atoms with van der Waals surface area (Å²) in [5, 5.41) is 2.69. The molecule has 0 aromatic heterocycles. The zero-order valence-electron chi connectivity index (χ0n) is 14.5. The van der Waals surface area contributed by atoms with Crippen molar-refractivity contribution in [1.82, 2.24) is 0 Å². The molecular formula is C22H20N2O2. The van der Waals surface area contributed by atoms with E-state index in [1.165, 1.54) is 6.92 Å². The molecule has 0 atom stereocenters. The number of benzene rings is 3. The number of nitrogen functional groups attached to an aromatic ring is 1. The van der Waals surface area contributed by atoms with Gasteiger partial charge in [0.25, 0.3) is 0 Å². The lowest BCUT2D eigenvalue weighted by molar-refractivity contribution is -0.114. The highest BCUT2D eigenvalue weighted by molar-refractivity contribution is 5.99. The van der Waals surface area contributed by atoms with Crippen LogP contribution < -0.4 is 11.1 Å². The number of carbonyl (C=O) groups is 2. The Hall–Kier alpha value is -3.40. The second-order valence-electron chi connectivity index (χ2n) is 6.14. The molecule has 26 heavy (non-hydrogen) atoms. The molecule has 0 spiro atoms. The van der Waals surface area contributed by atoms with Gasteiger partial charge in [-0.25, -0.2) is 0 Å². The summed E-state index contributed by atoms with van der Waals surface area (Å²) in [6.45, 7) is 1.45. The molecule has 0 unspecified atom stereocenters. The highest BCUT2D eigenvalue weighted by atomic mass is 16.1. The van der Waals surface area contributed by atoms with Crippen LogP contribution in [0.1, 0.15) is 22.8 Å². The molecule has 1 amide bonds. The standard InChI is InChI=1S/C22H20N2O2/c1-15(25)24-20-10-7-17(8-11-20)22(26)14-19-13-18(9-12-21(19)23)16-5-3-2-4-6-16/h2-13H,14,23H2,1H3,(H,24,25). The van der Waals surface area contributed by atoms with Gasteiger partial charge in [-0.05, 0) is 53.1 Å². The number of anilines is 2. The number of ketones is 1. The van der Waals surface area contributed by atoms with Gasteiger partial charge in [0.05, 0.1) is 0 Å². The second-order valence-corrected chi connectivity index (χ2v) is 6.14. The molecule has 0 aliphatic rings. The first-order chi connectivity index (χ1) is 12.5. The molecule has 0 heterocycles. The van der Waals surface area contributed by atoms with Crippen LogP contribution in [-0.2, 0) is 11.2 Å². The van der Waals surface area contributed by atoms with Crippen LogP contribution in [-0.4, -0.2) is 11.7 Å². The van der Waals surface area contributed by atoms with E-state index in [1.807, 2.05) is 48.5 Å². The summed E-state index contributed by atoms with van der Waals surface area (Å²) in [5.74, 6) is -0.161. The van der Waals surface area contributed by atoms with E-state index >= 15 is 0 Å². The highest BCUT2D eigenvalue weighted by Gasteiger charge is 2.11. The molecule has 3 aromatic rings. The van der Waals surface area contributed by atoms with Crippen LogP contribution in [0.3, 0.4) is 0 Å². The average Bonchev–Trinajstić information content (AvgIpc) is 2.64. The number of Topliss-reactive ketones (excluding diaryl/α,β-unsaturated/α-hetero) is 1. The summed E-state index contributed by atoms with van der Waals surface area (Å²) < 4.78 is 0. The number of nitrogens with two attached hydrogens (primary N) is 1. The fourth-order valence-corrected chi connectivity index (χ4v) is 2.79. The molecule has 0 aliphatic heterocycles. The molecule has 3 aromatic carbocycles. The molecule has 3 N–H and O–H groups in total. The van der Waals surface area contributed by atoms with Crippen molar-refractivity contribution < 1.29 is 9.59 Å². The van der Waals surface area contributed by atoms with Crippen molar-refractivity contribution >= 4 is 23.1 Å². The summed E-state index contributed by atoms with van der Waals surface area (Å²) in [6, 6.07) is 22.6. The minimum absolute atomic E-state index is 0.0173. The first kappa shape index (κ1) is 17.4. The van der Waals surface area contributed by atoms with E-state index in [9.17, 15) is 9.59 Å². The van der Waals surface area contributed by atoms with Gasteiger partial charge < -0.3 is 11.1 Å². The van der Waals surface area contributed by atoms with Gasteiger partial charge in [-0.2, -0.15) is 0 Å². The van der Waals surface area contributed by atoms with E-state index in [1.54, 1.807) is 24.3 Å². The largest absolute Gasteiger partial charge is 0.398 e. The van der Waals surface area contributed by atoms with Gasteiger partial charge >= 0.3 is 0 Å². The van der Waals surface area contributed by atoms with Crippen LogP contribution in [0.25, 0.3) is 11.1 Å². The molecule has 4 nitrogen and oxygen atoms in total. The van der Waals surface area contributed by atoms with E-state index in [0.717, 1.165) is 16.7 Å².